The number of hydrogen-bond acceptors (Lipinski definition) is 4. The van der Waals surface area contributed by atoms with Crippen LogP contribution in [0.5, 0.6) is 0 Å². The quantitative estimate of drug-likeness (QED) is 0.661. The van der Waals surface area contributed by atoms with Crippen molar-refractivity contribution in [3.05, 3.63) is 16.0 Å². The van der Waals surface area contributed by atoms with Crippen LogP contribution in [0.15, 0.2) is 0 Å². The van der Waals surface area contributed by atoms with Gasteiger partial charge >= 0.3 is 0 Å². The Morgan fingerprint density at radius 3 is 3.07 bits per heavy atom. The van der Waals surface area contributed by atoms with Gasteiger partial charge in [-0.25, -0.2) is 4.98 Å². The van der Waals surface area contributed by atoms with Crippen molar-refractivity contribution in [3.63, 3.8) is 0 Å². The number of rotatable bonds is 2. The van der Waals surface area contributed by atoms with E-state index >= 15 is 0 Å². The number of aromatic nitrogens is 2. The fourth-order valence-corrected chi connectivity index (χ4v) is 2.15. The van der Waals surface area contributed by atoms with E-state index < -0.39 is 0 Å². The fraction of sp³-hybridized carbons (Fsp3) is 0.600. The van der Waals surface area contributed by atoms with Gasteiger partial charge in [0.15, 0.2) is 4.77 Å². The molecule has 15 heavy (non-hydrogen) atoms. The molecule has 4 nitrogen and oxygen atoms in total. The maximum atomic E-state index is 5.12. The Bertz CT molecular complexity index is 436. The summed E-state index contributed by atoms with van der Waals surface area (Å²) in [6.07, 6.45) is 3.56. The Labute approximate surface area is 93.5 Å². The van der Waals surface area contributed by atoms with E-state index in [1.165, 1.54) is 24.1 Å². The Kier molecular flexibility index (Phi) is 2.21. The molecule has 5 heteroatoms. The van der Waals surface area contributed by atoms with Crippen LogP contribution >= 0.6 is 12.2 Å². The number of fused-ring (bicyclic) bond motifs is 1. The summed E-state index contributed by atoms with van der Waals surface area (Å²) in [5.74, 6) is 1.01. The molecule has 1 aromatic heterocycles. The van der Waals surface area contributed by atoms with Crippen molar-refractivity contribution in [2.45, 2.75) is 31.8 Å². The minimum absolute atomic E-state index is 0.584. The number of aromatic amines is 1. The monoisotopic (exact) mass is 222 g/mol. The highest BCUT2D eigenvalue weighted by molar-refractivity contribution is 7.71. The number of nitrogens with zero attached hydrogens (tertiary/aromatic N) is 1. The maximum Gasteiger partial charge on any atom is 0.199 e. The molecule has 3 rings (SSSR count). The SMILES string of the molecule is S=c1nc(NC2CC2)c2c([nH]1)CNCC2. The topological polar surface area (TPSA) is 52.7 Å². The molecule has 1 aliphatic carbocycles. The summed E-state index contributed by atoms with van der Waals surface area (Å²) < 4.78 is 0.584. The molecule has 0 saturated heterocycles. The summed E-state index contributed by atoms with van der Waals surface area (Å²) in [6, 6.07) is 0.633. The van der Waals surface area contributed by atoms with Gasteiger partial charge in [-0.1, -0.05) is 0 Å². The highest BCUT2D eigenvalue weighted by atomic mass is 32.1. The van der Waals surface area contributed by atoms with Gasteiger partial charge in [0.2, 0.25) is 0 Å². The van der Waals surface area contributed by atoms with E-state index in [0.717, 1.165) is 25.3 Å². The van der Waals surface area contributed by atoms with E-state index in [4.69, 9.17) is 12.2 Å². The average molecular weight is 222 g/mol. The molecule has 0 unspecified atom stereocenters. The van der Waals surface area contributed by atoms with E-state index in [2.05, 4.69) is 20.6 Å². The first-order valence-electron chi connectivity index (χ1n) is 5.42. The van der Waals surface area contributed by atoms with Gasteiger partial charge in [0.1, 0.15) is 5.82 Å². The van der Waals surface area contributed by atoms with Crippen LogP contribution in [-0.2, 0) is 13.0 Å². The molecule has 0 atom stereocenters. The van der Waals surface area contributed by atoms with Gasteiger partial charge in [-0.3, -0.25) is 0 Å². The number of nitrogens with one attached hydrogen (secondary N) is 3. The number of hydrogen-bond donors (Lipinski definition) is 3. The minimum atomic E-state index is 0.584. The molecule has 1 aliphatic heterocycles. The lowest BCUT2D eigenvalue weighted by Gasteiger charge is -2.19. The molecule has 0 aromatic carbocycles. The second-order valence-corrected chi connectivity index (χ2v) is 4.58. The maximum absolute atomic E-state index is 5.12. The first-order valence-corrected chi connectivity index (χ1v) is 5.83. The van der Waals surface area contributed by atoms with Crippen molar-refractivity contribution >= 4 is 18.0 Å². The first-order chi connectivity index (χ1) is 7.33. The van der Waals surface area contributed by atoms with Crippen LogP contribution in [0.2, 0.25) is 0 Å². The first kappa shape index (κ1) is 9.30. The van der Waals surface area contributed by atoms with E-state index in [-0.39, 0.29) is 0 Å². The van der Waals surface area contributed by atoms with E-state index in [1.54, 1.807) is 0 Å². The number of H-pyrrole nitrogens is 1. The van der Waals surface area contributed by atoms with Crippen LogP contribution in [0.3, 0.4) is 0 Å². The largest absolute Gasteiger partial charge is 0.367 e. The Morgan fingerprint density at radius 1 is 1.40 bits per heavy atom. The zero-order valence-electron chi connectivity index (χ0n) is 8.47. The highest BCUT2D eigenvalue weighted by Crippen LogP contribution is 2.27. The lowest BCUT2D eigenvalue weighted by atomic mass is 10.1. The Balaban J connectivity index is 2.01. The summed E-state index contributed by atoms with van der Waals surface area (Å²) in [4.78, 5) is 7.55. The predicted molar refractivity (Wildman–Crippen MR) is 61.5 cm³/mol. The third-order valence-corrected chi connectivity index (χ3v) is 3.09. The summed E-state index contributed by atoms with van der Waals surface area (Å²) in [5, 5.41) is 6.79. The molecule has 2 aliphatic rings. The van der Waals surface area contributed by atoms with Crippen LogP contribution in [-0.4, -0.2) is 22.6 Å². The van der Waals surface area contributed by atoms with Crippen LogP contribution in [0.1, 0.15) is 24.1 Å². The normalized spacial score (nSPS) is 19.7. The van der Waals surface area contributed by atoms with Crippen molar-refractivity contribution in [1.82, 2.24) is 15.3 Å². The van der Waals surface area contributed by atoms with Crippen molar-refractivity contribution in [3.8, 4) is 0 Å². The van der Waals surface area contributed by atoms with Gasteiger partial charge in [-0.05, 0) is 38.0 Å². The molecule has 80 valence electrons. The van der Waals surface area contributed by atoms with Gasteiger partial charge in [-0.15, -0.1) is 0 Å². The van der Waals surface area contributed by atoms with Gasteiger partial charge in [0.05, 0.1) is 0 Å². The van der Waals surface area contributed by atoms with Crippen molar-refractivity contribution in [2.24, 2.45) is 0 Å². The zero-order valence-corrected chi connectivity index (χ0v) is 9.28. The van der Waals surface area contributed by atoms with Crippen LogP contribution in [0, 0.1) is 4.77 Å². The third-order valence-electron chi connectivity index (χ3n) is 2.89. The standard InChI is InChI=1S/C10H14N4S/c15-10-13-8-5-11-4-3-7(8)9(14-10)12-6-1-2-6/h6,11H,1-5H2,(H2,12,13,14,15). The van der Waals surface area contributed by atoms with Crippen LogP contribution < -0.4 is 10.6 Å². The summed E-state index contributed by atoms with van der Waals surface area (Å²) in [7, 11) is 0. The molecular weight excluding hydrogens is 208 g/mol. The number of anilines is 1. The molecule has 0 spiro atoms. The summed E-state index contributed by atoms with van der Waals surface area (Å²) in [5.41, 5.74) is 2.51. The molecule has 0 amide bonds. The van der Waals surface area contributed by atoms with Gasteiger partial charge in [-0.2, -0.15) is 0 Å². The fourth-order valence-electron chi connectivity index (χ4n) is 1.93. The second kappa shape index (κ2) is 3.57. The Hall–Kier alpha value is -0.940. The third kappa shape index (κ3) is 1.89. The highest BCUT2D eigenvalue weighted by Gasteiger charge is 2.24. The summed E-state index contributed by atoms with van der Waals surface area (Å²) >= 11 is 5.12. The van der Waals surface area contributed by atoms with Crippen LogP contribution in [0.4, 0.5) is 5.82 Å². The van der Waals surface area contributed by atoms with Crippen molar-refractivity contribution in [1.29, 1.82) is 0 Å². The van der Waals surface area contributed by atoms with Crippen LogP contribution in [0.25, 0.3) is 0 Å². The van der Waals surface area contributed by atoms with Gasteiger partial charge < -0.3 is 15.6 Å². The average Bonchev–Trinajstić information content (AvgIpc) is 3.01. The molecular formula is C10H14N4S. The van der Waals surface area contributed by atoms with E-state index in [0.29, 0.717) is 10.8 Å². The van der Waals surface area contributed by atoms with E-state index in [1.807, 2.05) is 0 Å². The van der Waals surface area contributed by atoms with Gasteiger partial charge in [0, 0.05) is 23.8 Å². The van der Waals surface area contributed by atoms with Crippen molar-refractivity contribution in [2.75, 3.05) is 11.9 Å². The smallest absolute Gasteiger partial charge is 0.199 e. The molecule has 3 N–H and O–H groups in total. The van der Waals surface area contributed by atoms with E-state index in [9.17, 15) is 0 Å². The summed E-state index contributed by atoms with van der Waals surface area (Å²) in [6.45, 7) is 1.90. The zero-order chi connectivity index (χ0) is 10.3. The molecule has 0 bridgehead atoms. The second-order valence-electron chi connectivity index (χ2n) is 4.19. The molecule has 1 saturated carbocycles. The molecule has 1 aromatic rings. The molecule has 1 fully saturated rings. The lowest BCUT2D eigenvalue weighted by molar-refractivity contribution is 0.622. The molecule has 0 radical (unpaired) electrons. The van der Waals surface area contributed by atoms with Gasteiger partial charge in [0.25, 0.3) is 0 Å². The molecule has 2 heterocycles. The Morgan fingerprint density at radius 2 is 2.27 bits per heavy atom. The van der Waals surface area contributed by atoms with Crippen molar-refractivity contribution < 1.29 is 0 Å². The predicted octanol–water partition coefficient (Wildman–Crippen LogP) is 1.36. The lowest BCUT2D eigenvalue weighted by Crippen LogP contribution is -2.26. The minimum Gasteiger partial charge on any atom is -0.367 e.